The monoisotopic (exact) mass is 388 g/mol. The van der Waals surface area contributed by atoms with Crippen molar-refractivity contribution in [3.05, 3.63) is 45.9 Å². The molecule has 8 heteroatoms. The van der Waals surface area contributed by atoms with Crippen molar-refractivity contribution in [3.63, 3.8) is 0 Å². The molecule has 1 aromatic heterocycles. The highest BCUT2D eigenvalue weighted by molar-refractivity contribution is 7.99. The zero-order chi connectivity index (χ0) is 19.2. The Kier molecular flexibility index (Phi) is 6.52. The summed E-state index contributed by atoms with van der Waals surface area (Å²) in [5.41, 5.74) is 2.11. The van der Waals surface area contributed by atoms with Crippen LogP contribution in [0.1, 0.15) is 24.6 Å². The van der Waals surface area contributed by atoms with Gasteiger partial charge in [-0.05, 0) is 25.1 Å². The van der Waals surface area contributed by atoms with Gasteiger partial charge in [-0.3, -0.25) is 14.5 Å². The van der Waals surface area contributed by atoms with E-state index in [0.29, 0.717) is 23.1 Å². The van der Waals surface area contributed by atoms with Crippen LogP contribution in [-0.4, -0.2) is 46.7 Å². The number of amides is 1. The average Bonchev–Trinajstić information content (AvgIpc) is 2.67. The molecule has 0 bridgehead atoms. The number of nitrogens with one attached hydrogen (secondary N) is 2. The fraction of sp³-hybridized carbons (Fsp3) is 0.421. The minimum Gasteiger partial charge on any atom is -0.495 e. The van der Waals surface area contributed by atoms with Gasteiger partial charge in [0.05, 0.1) is 29.8 Å². The highest BCUT2D eigenvalue weighted by Crippen LogP contribution is 2.24. The Hall–Kier alpha value is -2.32. The second-order valence-corrected chi connectivity index (χ2v) is 7.32. The Morgan fingerprint density at radius 3 is 3.00 bits per heavy atom. The van der Waals surface area contributed by atoms with Gasteiger partial charge < -0.3 is 15.0 Å². The van der Waals surface area contributed by atoms with Gasteiger partial charge in [0.15, 0.2) is 5.16 Å². The summed E-state index contributed by atoms with van der Waals surface area (Å²) in [6.45, 7) is 4.67. The molecule has 1 aromatic carbocycles. The number of hydrogen-bond donors (Lipinski definition) is 2. The average molecular weight is 388 g/mol. The van der Waals surface area contributed by atoms with Crippen LogP contribution in [0.5, 0.6) is 5.75 Å². The SMILES string of the molecule is CCCN1CCc2nc(SCC(=O)Nc3ccccc3OC)[nH]c(=O)c2C1. The van der Waals surface area contributed by atoms with Crippen molar-refractivity contribution in [2.75, 3.05) is 31.3 Å². The number of aromatic amines is 1. The lowest BCUT2D eigenvalue weighted by molar-refractivity contribution is -0.113. The van der Waals surface area contributed by atoms with Crippen LogP contribution < -0.4 is 15.6 Å². The summed E-state index contributed by atoms with van der Waals surface area (Å²) in [4.78, 5) is 34.3. The number of nitrogens with zero attached hydrogens (tertiary/aromatic N) is 2. The Labute approximate surface area is 162 Å². The number of carbonyl (C=O) groups excluding carboxylic acids is 1. The van der Waals surface area contributed by atoms with Gasteiger partial charge in [-0.1, -0.05) is 30.8 Å². The minimum atomic E-state index is -0.181. The van der Waals surface area contributed by atoms with Gasteiger partial charge in [-0.25, -0.2) is 4.98 Å². The molecule has 2 aromatic rings. The number of rotatable bonds is 7. The first kappa shape index (κ1) is 19.4. The summed E-state index contributed by atoms with van der Waals surface area (Å²) in [6, 6.07) is 7.23. The third-order valence-corrected chi connectivity index (χ3v) is 5.26. The van der Waals surface area contributed by atoms with Crippen LogP contribution in [0.4, 0.5) is 5.69 Å². The first-order valence-corrected chi connectivity index (χ1v) is 9.99. The smallest absolute Gasteiger partial charge is 0.256 e. The van der Waals surface area contributed by atoms with E-state index >= 15 is 0 Å². The van der Waals surface area contributed by atoms with Crippen LogP contribution in [0.3, 0.4) is 0 Å². The molecular weight excluding hydrogens is 364 g/mol. The lowest BCUT2D eigenvalue weighted by Gasteiger charge is -2.27. The lowest BCUT2D eigenvalue weighted by Crippen LogP contribution is -2.36. The molecule has 0 aliphatic carbocycles. The molecule has 2 N–H and O–H groups in total. The van der Waals surface area contributed by atoms with Gasteiger partial charge >= 0.3 is 0 Å². The van der Waals surface area contributed by atoms with Crippen molar-refractivity contribution < 1.29 is 9.53 Å². The van der Waals surface area contributed by atoms with Crippen molar-refractivity contribution in [1.29, 1.82) is 0 Å². The van der Waals surface area contributed by atoms with E-state index < -0.39 is 0 Å². The highest BCUT2D eigenvalue weighted by atomic mass is 32.2. The van der Waals surface area contributed by atoms with Gasteiger partial charge in [-0.15, -0.1) is 0 Å². The molecule has 0 unspecified atom stereocenters. The van der Waals surface area contributed by atoms with Gasteiger partial charge in [0.2, 0.25) is 5.91 Å². The number of fused-ring (bicyclic) bond motifs is 1. The maximum atomic E-state index is 12.4. The van der Waals surface area contributed by atoms with Crippen LogP contribution in [0, 0.1) is 0 Å². The summed E-state index contributed by atoms with van der Waals surface area (Å²) in [5.74, 6) is 0.577. The molecule has 0 atom stereocenters. The van der Waals surface area contributed by atoms with Crippen LogP contribution >= 0.6 is 11.8 Å². The molecule has 1 aliphatic heterocycles. The lowest BCUT2D eigenvalue weighted by atomic mass is 10.1. The van der Waals surface area contributed by atoms with Crippen LogP contribution in [0.15, 0.2) is 34.2 Å². The van der Waals surface area contributed by atoms with Gasteiger partial charge in [0, 0.05) is 19.5 Å². The first-order chi connectivity index (χ1) is 13.1. The third kappa shape index (κ3) is 4.90. The molecule has 2 heterocycles. The standard InChI is InChI=1S/C19H24N4O3S/c1-3-9-23-10-8-14-13(11-23)18(25)22-19(21-14)27-12-17(24)20-15-6-4-5-7-16(15)26-2/h4-7H,3,8-12H2,1-2H3,(H,20,24)(H,21,22,25). The maximum absolute atomic E-state index is 12.4. The van der Waals surface area contributed by atoms with E-state index in [0.717, 1.165) is 37.2 Å². The second-order valence-electron chi connectivity index (χ2n) is 6.36. The molecular formula is C19H24N4O3S. The molecule has 144 valence electrons. The number of benzene rings is 1. The summed E-state index contributed by atoms with van der Waals surface area (Å²) < 4.78 is 5.23. The van der Waals surface area contributed by atoms with E-state index in [9.17, 15) is 9.59 Å². The fourth-order valence-electron chi connectivity index (χ4n) is 3.10. The molecule has 1 amide bonds. The Balaban J connectivity index is 1.62. The predicted molar refractivity (Wildman–Crippen MR) is 106 cm³/mol. The molecule has 0 saturated carbocycles. The molecule has 0 saturated heterocycles. The summed E-state index contributed by atoms with van der Waals surface area (Å²) in [6.07, 6.45) is 1.83. The number of H-pyrrole nitrogens is 1. The fourth-order valence-corrected chi connectivity index (χ4v) is 3.78. The van der Waals surface area contributed by atoms with Crippen LogP contribution in [0.2, 0.25) is 0 Å². The number of carbonyl (C=O) groups is 1. The second kappa shape index (κ2) is 9.05. The minimum absolute atomic E-state index is 0.103. The van der Waals surface area contributed by atoms with E-state index in [1.54, 1.807) is 19.2 Å². The van der Waals surface area contributed by atoms with Gasteiger partial charge in [0.25, 0.3) is 5.56 Å². The van der Waals surface area contributed by atoms with Crippen molar-refractivity contribution in [3.8, 4) is 5.75 Å². The quantitative estimate of drug-likeness (QED) is 0.559. The van der Waals surface area contributed by atoms with E-state index in [4.69, 9.17) is 4.74 Å². The molecule has 1 aliphatic rings. The van der Waals surface area contributed by atoms with E-state index in [1.807, 2.05) is 12.1 Å². The highest BCUT2D eigenvalue weighted by Gasteiger charge is 2.21. The van der Waals surface area contributed by atoms with E-state index in [2.05, 4.69) is 27.1 Å². The summed E-state index contributed by atoms with van der Waals surface area (Å²) in [5, 5.41) is 3.30. The largest absolute Gasteiger partial charge is 0.495 e. The Bertz CT molecular complexity index is 868. The molecule has 0 fully saturated rings. The zero-order valence-electron chi connectivity index (χ0n) is 15.6. The third-order valence-electron chi connectivity index (χ3n) is 4.39. The summed E-state index contributed by atoms with van der Waals surface area (Å²) >= 11 is 1.23. The van der Waals surface area contributed by atoms with Crippen LogP contribution in [-0.2, 0) is 17.8 Å². The molecule has 0 spiro atoms. The van der Waals surface area contributed by atoms with Crippen molar-refractivity contribution in [2.24, 2.45) is 0 Å². The van der Waals surface area contributed by atoms with Crippen molar-refractivity contribution >= 4 is 23.4 Å². The maximum Gasteiger partial charge on any atom is 0.256 e. The molecule has 27 heavy (non-hydrogen) atoms. The number of aromatic nitrogens is 2. The molecule has 7 nitrogen and oxygen atoms in total. The molecule has 3 rings (SSSR count). The Morgan fingerprint density at radius 2 is 2.22 bits per heavy atom. The topological polar surface area (TPSA) is 87.3 Å². The number of thioether (sulfide) groups is 1. The molecule has 0 radical (unpaired) electrons. The van der Waals surface area contributed by atoms with Crippen LogP contribution in [0.25, 0.3) is 0 Å². The van der Waals surface area contributed by atoms with E-state index in [-0.39, 0.29) is 17.2 Å². The van der Waals surface area contributed by atoms with Gasteiger partial charge in [-0.2, -0.15) is 0 Å². The normalized spacial score (nSPS) is 13.9. The number of methoxy groups -OCH3 is 1. The number of ether oxygens (including phenoxy) is 1. The Morgan fingerprint density at radius 1 is 1.41 bits per heavy atom. The summed E-state index contributed by atoms with van der Waals surface area (Å²) in [7, 11) is 1.56. The predicted octanol–water partition coefficient (Wildman–Crippen LogP) is 2.28. The number of hydrogen-bond acceptors (Lipinski definition) is 6. The first-order valence-electron chi connectivity index (χ1n) is 9.00. The van der Waals surface area contributed by atoms with E-state index in [1.165, 1.54) is 11.8 Å². The van der Waals surface area contributed by atoms with Gasteiger partial charge in [0.1, 0.15) is 5.75 Å². The zero-order valence-corrected chi connectivity index (χ0v) is 16.4. The number of anilines is 1. The van der Waals surface area contributed by atoms with Crippen molar-refractivity contribution in [2.45, 2.75) is 31.5 Å². The van der Waals surface area contributed by atoms with Crippen molar-refractivity contribution in [1.82, 2.24) is 14.9 Å². The number of para-hydroxylation sites is 2.